The first-order valence-corrected chi connectivity index (χ1v) is 9.56. The molecule has 4 rings (SSSR count). The van der Waals surface area contributed by atoms with Crippen LogP contribution >= 0.6 is 0 Å². The molecule has 6 heteroatoms. The van der Waals surface area contributed by atoms with Crippen molar-refractivity contribution in [3.63, 3.8) is 0 Å². The summed E-state index contributed by atoms with van der Waals surface area (Å²) >= 11 is 0. The summed E-state index contributed by atoms with van der Waals surface area (Å²) in [4.78, 5) is 40.2. The zero-order valence-electron chi connectivity index (χ0n) is 15.9. The summed E-state index contributed by atoms with van der Waals surface area (Å²) in [7, 11) is 0. The molecule has 2 heterocycles. The van der Waals surface area contributed by atoms with Crippen LogP contribution < -0.4 is 15.1 Å². The minimum atomic E-state index is -0.349. The molecular weight excluding hydrogens is 354 g/mol. The Hall–Kier alpha value is -3.15. The third-order valence-corrected chi connectivity index (χ3v) is 5.46. The first kappa shape index (κ1) is 18.2. The number of carbonyl (C=O) groups excluding carboxylic acids is 3. The van der Waals surface area contributed by atoms with E-state index in [2.05, 4.69) is 5.32 Å². The van der Waals surface area contributed by atoms with Gasteiger partial charge in [-0.2, -0.15) is 0 Å². The van der Waals surface area contributed by atoms with E-state index in [0.717, 1.165) is 28.9 Å². The average molecular weight is 377 g/mol. The quantitative estimate of drug-likeness (QED) is 0.889. The highest BCUT2D eigenvalue weighted by Crippen LogP contribution is 2.34. The Balaban J connectivity index is 1.42. The molecule has 6 nitrogen and oxygen atoms in total. The molecule has 2 aromatic carbocycles. The lowest BCUT2D eigenvalue weighted by Gasteiger charge is -2.19. The van der Waals surface area contributed by atoms with Crippen molar-refractivity contribution in [1.29, 1.82) is 0 Å². The predicted octanol–water partition coefficient (Wildman–Crippen LogP) is 2.26. The monoisotopic (exact) mass is 377 g/mol. The predicted molar refractivity (Wildman–Crippen MR) is 107 cm³/mol. The van der Waals surface area contributed by atoms with Gasteiger partial charge in [-0.05, 0) is 35.7 Å². The van der Waals surface area contributed by atoms with Crippen LogP contribution in [-0.4, -0.2) is 30.8 Å². The van der Waals surface area contributed by atoms with Gasteiger partial charge in [0.2, 0.25) is 17.7 Å². The van der Waals surface area contributed by atoms with Crippen molar-refractivity contribution in [1.82, 2.24) is 5.32 Å². The summed E-state index contributed by atoms with van der Waals surface area (Å²) < 4.78 is 0. The molecule has 2 aliphatic heterocycles. The molecule has 0 bridgehead atoms. The molecule has 2 aliphatic rings. The van der Waals surface area contributed by atoms with E-state index >= 15 is 0 Å². The summed E-state index contributed by atoms with van der Waals surface area (Å²) in [5.41, 5.74) is 3.82. The highest BCUT2D eigenvalue weighted by Gasteiger charge is 2.35. The molecule has 1 atom stereocenters. The van der Waals surface area contributed by atoms with E-state index in [1.807, 2.05) is 48.5 Å². The number of carbonyl (C=O) groups is 3. The topological polar surface area (TPSA) is 69.7 Å². The third-order valence-electron chi connectivity index (χ3n) is 5.46. The van der Waals surface area contributed by atoms with Gasteiger partial charge in [-0.25, -0.2) is 0 Å². The van der Waals surface area contributed by atoms with Gasteiger partial charge in [-0.15, -0.1) is 0 Å². The molecule has 3 amide bonds. The number of fused-ring (bicyclic) bond motifs is 1. The van der Waals surface area contributed by atoms with Gasteiger partial charge in [-0.3, -0.25) is 14.4 Å². The van der Waals surface area contributed by atoms with Gasteiger partial charge in [0, 0.05) is 44.4 Å². The largest absolute Gasteiger partial charge is 0.352 e. The van der Waals surface area contributed by atoms with Crippen molar-refractivity contribution < 1.29 is 14.4 Å². The summed E-state index contributed by atoms with van der Waals surface area (Å²) in [5, 5.41) is 2.93. The molecule has 1 saturated heterocycles. The maximum atomic E-state index is 12.5. The highest BCUT2D eigenvalue weighted by molar-refractivity contribution is 6.01. The van der Waals surface area contributed by atoms with Crippen LogP contribution in [0, 0.1) is 5.92 Å². The number of rotatable bonds is 4. The number of amides is 3. The van der Waals surface area contributed by atoms with Crippen molar-refractivity contribution in [3.05, 3.63) is 59.7 Å². The molecule has 0 aromatic heterocycles. The van der Waals surface area contributed by atoms with Gasteiger partial charge in [-0.1, -0.05) is 30.3 Å². The van der Waals surface area contributed by atoms with Crippen molar-refractivity contribution >= 4 is 29.1 Å². The maximum absolute atomic E-state index is 12.5. The molecule has 0 radical (unpaired) electrons. The number of nitrogens with one attached hydrogen (secondary N) is 1. The zero-order valence-corrected chi connectivity index (χ0v) is 15.9. The summed E-state index contributed by atoms with van der Waals surface area (Å²) in [6.07, 6.45) is 1.00. The Morgan fingerprint density at radius 3 is 2.68 bits per heavy atom. The molecule has 144 valence electrons. The van der Waals surface area contributed by atoms with Crippen LogP contribution in [-0.2, 0) is 27.3 Å². The van der Waals surface area contributed by atoms with Gasteiger partial charge in [0.15, 0.2) is 0 Å². The Morgan fingerprint density at radius 2 is 1.93 bits per heavy atom. The molecule has 28 heavy (non-hydrogen) atoms. The first-order chi connectivity index (χ1) is 13.5. The normalized spacial score (nSPS) is 18.3. The molecule has 1 fully saturated rings. The van der Waals surface area contributed by atoms with E-state index in [1.165, 1.54) is 0 Å². The second-order valence-electron chi connectivity index (χ2n) is 7.34. The fraction of sp³-hybridized carbons (Fsp3) is 0.318. The summed E-state index contributed by atoms with van der Waals surface area (Å²) in [6.45, 7) is 3.08. The fourth-order valence-corrected chi connectivity index (χ4v) is 3.95. The second kappa shape index (κ2) is 7.46. The minimum Gasteiger partial charge on any atom is -0.352 e. The van der Waals surface area contributed by atoms with Crippen LogP contribution in [0.1, 0.15) is 24.5 Å². The Morgan fingerprint density at radius 1 is 1.14 bits per heavy atom. The van der Waals surface area contributed by atoms with Crippen molar-refractivity contribution in [2.45, 2.75) is 26.3 Å². The zero-order chi connectivity index (χ0) is 19.7. The van der Waals surface area contributed by atoms with Crippen LogP contribution in [0.3, 0.4) is 0 Å². The van der Waals surface area contributed by atoms with Crippen LogP contribution in [0.15, 0.2) is 48.5 Å². The lowest BCUT2D eigenvalue weighted by atomic mass is 10.1. The molecular formula is C22H23N3O3. The first-order valence-electron chi connectivity index (χ1n) is 9.56. The molecule has 1 N–H and O–H groups in total. The molecule has 0 aliphatic carbocycles. The van der Waals surface area contributed by atoms with Gasteiger partial charge < -0.3 is 15.1 Å². The number of hydrogen-bond acceptors (Lipinski definition) is 3. The van der Waals surface area contributed by atoms with Crippen LogP contribution in [0.2, 0.25) is 0 Å². The van der Waals surface area contributed by atoms with Crippen molar-refractivity contribution in [2.75, 3.05) is 22.9 Å². The maximum Gasteiger partial charge on any atom is 0.227 e. The van der Waals surface area contributed by atoms with E-state index in [1.54, 1.807) is 16.7 Å². The van der Waals surface area contributed by atoms with Crippen molar-refractivity contribution in [2.24, 2.45) is 5.92 Å². The van der Waals surface area contributed by atoms with E-state index in [4.69, 9.17) is 0 Å². The number of anilines is 2. The van der Waals surface area contributed by atoms with E-state index in [0.29, 0.717) is 19.6 Å². The SMILES string of the molecule is CC(=O)N1CCc2cc(N3C[C@H](C(=O)NCc4ccccc4)CC3=O)ccc21. The van der Waals surface area contributed by atoms with E-state index < -0.39 is 0 Å². The van der Waals surface area contributed by atoms with Gasteiger partial charge in [0.05, 0.1) is 5.92 Å². The fourth-order valence-electron chi connectivity index (χ4n) is 3.95. The van der Waals surface area contributed by atoms with Gasteiger partial charge >= 0.3 is 0 Å². The molecule has 0 unspecified atom stereocenters. The summed E-state index contributed by atoms with van der Waals surface area (Å²) in [5.74, 6) is -0.457. The Labute approximate surface area is 164 Å². The average Bonchev–Trinajstić information content (AvgIpc) is 3.30. The molecule has 0 saturated carbocycles. The number of nitrogens with zero attached hydrogens (tertiary/aromatic N) is 2. The van der Waals surface area contributed by atoms with Gasteiger partial charge in [0.1, 0.15) is 0 Å². The van der Waals surface area contributed by atoms with Crippen LogP contribution in [0.5, 0.6) is 0 Å². The van der Waals surface area contributed by atoms with Crippen LogP contribution in [0.4, 0.5) is 11.4 Å². The third kappa shape index (κ3) is 3.50. The lowest BCUT2D eigenvalue weighted by molar-refractivity contribution is -0.126. The molecule has 2 aromatic rings. The smallest absolute Gasteiger partial charge is 0.227 e. The second-order valence-corrected chi connectivity index (χ2v) is 7.34. The summed E-state index contributed by atoms with van der Waals surface area (Å²) in [6, 6.07) is 15.5. The van der Waals surface area contributed by atoms with Gasteiger partial charge in [0.25, 0.3) is 0 Å². The van der Waals surface area contributed by atoms with E-state index in [-0.39, 0.29) is 30.1 Å². The van der Waals surface area contributed by atoms with E-state index in [9.17, 15) is 14.4 Å². The number of hydrogen-bond donors (Lipinski definition) is 1. The Bertz CT molecular complexity index is 926. The highest BCUT2D eigenvalue weighted by atomic mass is 16.2. The lowest BCUT2D eigenvalue weighted by Crippen LogP contribution is -2.32. The molecule has 0 spiro atoms. The number of benzene rings is 2. The minimum absolute atomic E-state index is 0.0268. The van der Waals surface area contributed by atoms with Crippen LogP contribution in [0.25, 0.3) is 0 Å². The standard InChI is InChI=1S/C22H23N3O3/c1-15(26)24-10-9-17-11-19(7-8-20(17)24)25-14-18(12-21(25)27)22(28)23-13-16-5-3-2-4-6-16/h2-8,11,18H,9-10,12-14H2,1H3,(H,23,28)/t18-/m1/s1. The Kier molecular flexibility index (Phi) is 4.86. The van der Waals surface area contributed by atoms with Crippen molar-refractivity contribution in [3.8, 4) is 0 Å².